The standard InChI is InChI=1S/C33H48F2N4O4/c1-39-28-16-21(4-8-29(40)41)3-7-26(28)37-31(39)32(11-2-12-32)38-30(42)25-6-5-24(15-22-9-13-33(34,35)18-22)27(17-25)36-19-23-10-14-43-20-23/h20-22,24-25,27,36H,2-19H2,1H3,(H,38,42)(H,40,41). The highest BCUT2D eigenvalue weighted by Crippen LogP contribution is 2.46. The van der Waals surface area contributed by atoms with Gasteiger partial charge < -0.3 is 25.0 Å². The number of hydrogen-bond acceptors (Lipinski definition) is 5. The minimum absolute atomic E-state index is 0.000566. The first kappa shape index (κ1) is 30.5. The molecule has 1 aromatic rings. The lowest BCUT2D eigenvalue weighted by atomic mass is 9.72. The second kappa shape index (κ2) is 12.5. The van der Waals surface area contributed by atoms with Gasteiger partial charge in [0.15, 0.2) is 0 Å². The van der Waals surface area contributed by atoms with Crippen LogP contribution in [0, 0.1) is 23.7 Å². The molecule has 238 valence electrons. The van der Waals surface area contributed by atoms with Crippen LogP contribution in [0.1, 0.15) is 107 Å². The SMILES string of the molecule is Cn1c(C2(NC(=O)C3CCC(CC4CCC(F)(F)C4)C(NCC4=COCC4)C3)CCC2)nc2c1CC(CCC(=O)O)CC2. The third-order valence-electron chi connectivity index (χ3n) is 11.2. The number of amides is 1. The smallest absolute Gasteiger partial charge is 0.303 e. The molecule has 10 heteroatoms. The summed E-state index contributed by atoms with van der Waals surface area (Å²) in [6, 6.07) is 0.112. The largest absolute Gasteiger partial charge is 0.501 e. The summed E-state index contributed by atoms with van der Waals surface area (Å²) in [6.07, 6.45) is 12.8. The lowest BCUT2D eigenvalue weighted by Crippen LogP contribution is -2.55. The number of aromatic nitrogens is 2. The van der Waals surface area contributed by atoms with Gasteiger partial charge in [-0.2, -0.15) is 0 Å². The summed E-state index contributed by atoms with van der Waals surface area (Å²) in [5, 5.41) is 16.3. The minimum atomic E-state index is -2.53. The fraction of sp³-hybridized carbons (Fsp3) is 0.788. The highest BCUT2D eigenvalue weighted by atomic mass is 19.3. The van der Waals surface area contributed by atoms with Gasteiger partial charge in [0.05, 0.1) is 24.1 Å². The molecule has 0 spiro atoms. The van der Waals surface area contributed by atoms with Crippen molar-refractivity contribution in [2.75, 3.05) is 13.2 Å². The molecule has 3 saturated carbocycles. The number of ether oxygens (including phenoxy) is 1. The number of aliphatic carboxylic acids is 1. The molecule has 43 heavy (non-hydrogen) atoms. The Bertz CT molecular complexity index is 1230. The first-order valence-corrected chi connectivity index (χ1v) is 16.6. The Morgan fingerprint density at radius 2 is 1.98 bits per heavy atom. The molecule has 1 amide bonds. The number of nitrogens with one attached hydrogen (secondary N) is 2. The molecular formula is C33H48F2N4O4. The van der Waals surface area contributed by atoms with Crippen molar-refractivity contribution < 1.29 is 28.2 Å². The number of carboxylic acid groups (broad SMARTS) is 1. The quantitative estimate of drug-likeness (QED) is 0.314. The van der Waals surface area contributed by atoms with E-state index in [1.54, 1.807) is 0 Å². The first-order chi connectivity index (χ1) is 20.6. The number of carboxylic acids is 1. The molecule has 5 aliphatic rings. The molecule has 1 aromatic heterocycles. The van der Waals surface area contributed by atoms with Gasteiger partial charge in [0.1, 0.15) is 5.82 Å². The highest BCUT2D eigenvalue weighted by molar-refractivity contribution is 5.80. The van der Waals surface area contributed by atoms with Crippen molar-refractivity contribution in [1.82, 2.24) is 20.2 Å². The predicted octanol–water partition coefficient (Wildman–Crippen LogP) is 5.39. The lowest BCUT2D eigenvalue weighted by Gasteiger charge is -2.44. The van der Waals surface area contributed by atoms with Crippen molar-refractivity contribution in [3.8, 4) is 0 Å². The lowest BCUT2D eigenvalue weighted by molar-refractivity contribution is -0.137. The average molecular weight is 603 g/mol. The molecule has 8 nitrogen and oxygen atoms in total. The number of carbonyl (C=O) groups excluding carboxylic acids is 1. The molecule has 0 radical (unpaired) electrons. The van der Waals surface area contributed by atoms with Crippen LogP contribution in [-0.4, -0.2) is 51.7 Å². The van der Waals surface area contributed by atoms with E-state index in [1.807, 2.05) is 13.3 Å². The third-order valence-corrected chi connectivity index (χ3v) is 11.2. The van der Waals surface area contributed by atoms with Crippen LogP contribution < -0.4 is 10.6 Å². The van der Waals surface area contributed by atoms with E-state index in [-0.39, 0.29) is 43.0 Å². The van der Waals surface area contributed by atoms with Crippen LogP contribution in [0.15, 0.2) is 11.8 Å². The van der Waals surface area contributed by atoms with Crippen molar-refractivity contribution in [2.24, 2.45) is 30.7 Å². The summed E-state index contributed by atoms with van der Waals surface area (Å²) in [5.41, 5.74) is 3.04. The number of halogens is 2. The molecule has 1 aliphatic heterocycles. The Morgan fingerprint density at radius 3 is 2.65 bits per heavy atom. The van der Waals surface area contributed by atoms with Gasteiger partial charge in [-0.25, -0.2) is 13.8 Å². The van der Waals surface area contributed by atoms with E-state index in [4.69, 9.17) is 14.8 Å². The van der Waals surface area contributed by atoms with Crippen molar-refractivity contribution in [3.63, 3.8) is 0 Å². The highest BCUT2D eigenvalue weighted by Gasteiger charge is 2.47. The summed E-state index contributed by atoms with van der Waals surface area (Å²) >= 11 is 0. The topological polar surface area (TPSA) is 105 Å². The zero-order valence-electron chi connectivity index (χ0n) is 25.5. The molecule has 0 bridgehead atoms. The van der Waals surface area contributed by atoms with E-state index in [2.05, 4.69) is 15.2 Å². The zero-order valence-corrected chi connectivity index (χ0v) is 25.5. The van der Waals surface area contributed by atoms with Gasteiger partial charge in [0, 0.05) is 56.9 Å². The van der Waals surface area contributed by atoms with Crippen LogP contribution in [0.4, 0.5) is 8.78 Å². The first-order valence-electron chi connectivity index (χ1n) is 16.6. The van der Waals surface area contributed by atoms with E-state index >= 15 is 0 Å². The second-order valence-electron chi connectivity index (χ2n) is 14.2. The van der Waals surface area contributed by atoms with Crippen LogP contribution in [0.3, 0.4) is 0 Å². The van der Waals surface area contributed by atoms with Crippen LogP contribution in [0.5, 0.6) is 0 Å². The maximum absolute atomic E-state index is 14.0. The van der Waals surface area contributed by atoms with Crippen LogP contribution in [-0.2, 0) is 39.8 Å². The molecule has 3 fully saturated rings. The summed E-state index contributed by atoms with van der Waals surface area (Å²) < 4.78 is 35.5. The number of carbonyl (C=O) groups is 2. The van der Waals surface area contributed by atoms with Crippen LogP contribution >= 0.6 is 0 Å². The fourth-order valence-electron chi connectivity index (χ4n) is 8.53. The van der Waals surface area contributed by atoms with E-state index in [1.165, 1.54) is 11.3 Å². The number of imidazole rings is 1. The molecule has 4 aliphatic carbocycles. The minimum Gasteiger partial charge on any atom is -0.501 e. The maximum atomic E-state index is 14.0. The number of aryl methyl sites for hydroxylation is 1. The Labute approximate surface area is 253 Å². The van der Waals surface area contributed by atoms with Gasteiger partial charge in [0.2, 0.25) is 11.8 Å². The second-order valence-corrected chi connectivity index (χ2v) is 14.2. The number of rotatable bonds is 11. The van der Waals surface area contributed by atoms with Crippen molar-refractivity contribution in [3.05, 3.63) is 29.0 Å². The number of hydrogen-bond donors (Lipinski definition) is 3. The predicted molar refractivity (Wildman–Crippen MR) is 157 cm³/mol. The molecule has 0 saturated heterocycles. The Hall–Kier alpha value is -2.49. The third kappa shape index (κ3) is 6.79. The summed E-state index contributed by atoms with van der Waals surface area (Å²) in [4.78, 5) is 30.1. The molecule has 5 unspecified atom stereocenters. The van der Waals surface area contributed by atoms with Gasteiger partial charge in [-0.1, -0.05) is 0 Å². The molecule has 5 atom stereocenters. The van der Waals surface area contributed by atoms with E-state index in [0.29, 0.717) is 44.2 Å². The van der Waals surface area contributed by atoms with Crippen LogP contribution in [0.25, 0.3) is 0 Å². The summed E-state index contributed by atoms with van der Waals surface area (Å²) in [7, 11) is 2.05. The van der Waals surface area contributed by atoms with Gasteiger partial charge in [-0.3, -0.25) is 9.59 Å². The van der Waals surface area contributed by atoms with E-state index in [0.717, 1.165) is 75.7 Å². The van der Waals surface area contributed by atoms with Gasteiger partial charge in [-0.15, -0.1) is 0 Å². The van der Waals surface area contributed by atoms with E-state index in [9.17, 15) is 18.4 Å². The van der Waals surface area contributed by atoms with Gasteiger partial charge in [-0.05, 0) is 100 Å². The van der Waals surface area contributed by atoms with Crippen molar-refractivity contribution >= 4 is 11.9 Å². The Balaban J connectivity index is 1.12. The van der Waals surface area contributed by atoms with Gasteiger partial charge >= 0.3 is 5.97 Å². The van der Waals surface area contributed by atoms with Gasteiger partial charge in [0.25, 0.3) is 0 Å². The van der Waals surface area contributed by atoms with E-state index < -0.39 is 17.4 Å². The van der Waals surface area contributed by atoms with Crippen molar-refractivity contribution in [2.45, 2.75) is 120 Å². The monoisotopic (exact) mass is 602 g/mol. The number of alkyl halides is 2. The fourth-order valence-corrected chi connectivity index (χ4v) is 8.53. The van der Waals surface area contributed by atoms with Crippen LogP contribution in [0.2, 0.25) is 0 Å². The van der Waals surface area contributed by atoms with Crippen molar-refractivity contribution in [1.29, 1.82) is 0 Å². The summed E-state index contributed by atoms with van der Waals surface area (Å²) in [5.74, 6) is -1.68. The molecule has 0 aromatic carbocycles. The zero-order chi connectivity index (χ0) is 30.2. The molecule has 3 N–H and O–H groups in total. The molecule has 2 heterocycles. The Morgan fingerprint density at radius 1 is 1.14 bits per heavy atom. The molecular weight excluding hydrogens is 554 g/mol. The number of nitrogens with zero attached hydrogens (tertiary/aromatic N) is 2. The average Bonchev–Trinajstić information content (AvgIpc) is 3.68. The Kier molecular flexibility index (Phi) is 8.86. The summed E-state index contributed by atoms with van der Waals surface area (Å²) in [6.45, 7) is 1.42. The maximum Gasteiger partial charge on any atom is 0.303 e. The molecule has 6 rings (SSSR count). The number of fused-ring (bicyclic) bond motifs is 1. The normalized spacial score (nSPS) is 31.0.